The topological polar surface area (TPSA) is 111 Å². The molecule has 1 saturated heterocycles. The molecule has 1 aliphatic heterocycles. The van der Waals surface area contributed by atoms with Gasteiger partial charge in [-0.2, -0.15) is 0 Å². The van der Waals surface area contributed by atoms with Gasteiger partial charge < -0.3 is 4.74 Å². The smallest absolute Gasteiger partial charge is 0.258 e. The molecule has 0 radical (unpaired) electrons. The van der Waals surface area contributed by atoms with E-state index in [1.165, 1.54) is 6.92 Å². The zero-order chi connectivity index (χ0) is 14.3. The number of primary sulfonamides is 1. The van der Waals surface area contributed by atoms with Crippen LogP contribution in [0.15, 0.2) is 4.21 Å². The lowest BCUT2D eigenvalue weighted by Crippen LogP contribution is -2.39. The lowest BCUT2D eigenvalue weighted by Gasteiger charge is -2.20. The van der Waals surface area contributed by atoms with Crippen LogP contribution in [0.2, 0.25) is 0 Å². The van der Waals surface area contributed by atoms with E-state index in [4.69, 9.17) is 9.88 Å². The number of aryl methyl sites for hydroxylation is 1. The average Bonchev–Trinajstić information content (AvgIpc) is 2.85. The van der Waals surface area contributed by atoms with Crippen LogP contribution in [-0.4, -0.2) is 31.5 Å². The van der Waals surface area contributed by atoms with Gasteiger partial charge in [0.05, 0.1) is 5.69 Å². The van der Waals surface area contributed by atoms with Gasteiger partial charge in [0.15, 0.2) is 9.34 Å². The van der Waals surface area contributed by atoms with Crippen molar-refractivity contribution in [2.75, 3.05) is 11.9 Å². The Morgan fingerprint density at radius 1 is 1.58 bits per heavy atom. The first kappa shape index (κ1) is 14.4. The van der Waals surface area contributed by atoms with Gasteiger partial charge in [0.25, 0.3) is 5.91 Å². The predicted octanol–water partition coefficient (Wildman–Crippen LogP) is 0.607. The molecule has 1 unspecified atom stereocenters. The Morgan fingerprint density at radius 3 is 2.74 bits per heavy atom. The molecule has 1 atom stereocenters. The van der Waals surface area contributed by atoms with Crippen LogP contribution in [0.25, 0.3) is 0 Å². The number of amides is 1. The summed E-state index contributed by atoms with van der Waals surface area (Å²) < 4.78 is 27.9. The zero-order valence-corrected chi connectivity index (χ0v) is 12.2. The third-order valence-electron chi connectivity index (χ3n) is 2.93. The summed E-state index contributed by atoms with van der Waals surface area (Å²) in [5, 5.41) is 7.85. The highest BCUT2D eigenvalue weighted by Gasteiger charge is 2.38. The van der Waals surface area contributed by atoms with Gasteiger partial charge in [-0.15, -0.1) is 0 Å². The molecule has 2 heterocycles. The fourth-order valence-corrected chi connectivity index (χ4v) is 3.74. The zero-order valence-electron chi connectivity index (χ0n) is 10.6. The Bertz CT molecular complexity index is 602. The molecule has 3 N–H and O–H groups in total. The van der Waals surface area contributed by atoms with E-state index in [1.807, 2.05) is 0 Å². The molecule has 0 aromatic carbocycles. The number of nitrogens with one attached hydrogen (secondary N) is 1. The quantitative estimate of drug-likeness (QED) is 0.849. The Kier molecular flexibility index (Phi) is 3.65. The van der Waals surface area contributed by atoms with E-state index in [1.54, 1.807) is 6.92 Å². The second-order valence-electron chi connectivity index (χ2n) is 4.57. The normalized spacial score (nSPS) is 23.5. The van der Waals surface area contributed by atoms with Crippen LogP contribution < -0.4 is 10.5 Å². The second-order valence-corrected chi connectivity index (χ2v) is 7.33. The van der Waals surface area contributed by atoms with E-state index in [9.17, 15) is 13.2 Å². The minimum absolute atomic E-state index is 0.0414. The number of ether oxygens (including phenoxy) is 1. The van der Waals surface area contributed by atoms with Crippen molar-refractivity contribution in [1.82, 2.24) is 4.98 Å². The highest BCUT2D eigenvalue weighted by atomic mass is 32.2. The van der Waals surface area contributed by atoms with Crippen LogP contribution in [0.3, 0.4) is 0 Å². The number of hydrogen-bond acceptors (Lipinski definition) is 6. The van der Waals surface area contributed by atoms with Crippen molar-refractivity contribution < 1.29 is 17.9 Å². The number of carbonyl (C=O) groups is 1. The largest absolute Gasteiger partial charge is 0.365 e. The fourth-order valence-electron chi connectivity index (χ4n) is 1.89. The number of sulfonamides is 1. The Balaban J connectivity index is 2.19. The molecule has 1 fully saturated rings. The van der Waals surface area contributed by atoms with Gasteiger partial charge in [-0.3, -0.25) is 10.1 Å². The molecular formula is C10H15N3O4S2. The summed E-state index contributed by atoms with van der Waals surface area (Å²) in [4.78, 5) is 16.0. The monoisotopic (exact) mass is 305 g/mol. The third kappa shape index (κ3) is 2.94. The Labute approximate surface area is 115 Å². The molecule has 19 heavy (non-hydrogen) atoms. The van der Waals surface area contributed by atoms with E-state index >= 15 is 0 Å². The molecular weight excluding hydrogens is 290 g/mol. The van der Waals surface area contributed by atoms with Crippen LogP contribution in [0.1, 0.15) is 25.5 Å². The minimum atomic E-state index is -3.81. The molecule has 0 spiro atoms. The number of rotatable bonds is 3. The average molecular weight is 305 g/mol. The number of thiazole rings is 1. The van der Waals surface area contributed by atoms with Crippen molar-refractivity contribution in [1.29, 1.82) is 0 Å². The number of aromatic nitrogens is 1. The number of anilines is 1. The van der Waals surface area contributed by atoms with Crippen LogP contribution in [0.5, 0.6) is 0 Å². The molecule has 2 rings (SSSR count). The highest BCUT2D eigenvalue weighted by molar-refractivity contribution is 7.91. The highest BCUT2D eigenvalue weighted by Crippen LogP contribution is 2.30. The SMILES string of the molecule is Cc1nc(NC(=O)C2(C)CCCO2)sc1S(N)(=O)=O. The first-order valence-electron chi connectivity index (χ1n) is 5.68. The maximum Gasteiger partial charge on any atom is 0.258 e. The van der Waals surface area contributed by atoms with E-state index in [2.05, 4.69) is 10.3 Å². The molecule has 1 aliphatic rings. The number of nitrogens with two attached hydrogens (primary N) is 1. The lowest BCUT2D eigenvalue weighted by atomic mass is 10.0. The molecule has 1 aromatic heterocycles. The minimum Gasteiger partial charge on any atom is -0.365 e. The molecule has 106 valence electrons. The van der Waals surface area contributed by atoms with Crippen molar-refractivity contribution in [2.24, 2.45) is 5.14 Å². The van der Waals surface area contributed by atoms with Gasteiger partial charge in [-0.25, -0.2) is 18.5 Å². The first-order valence-corrected chi connectivity index (χ1v) is 8.04. The predicted molar refractivity (Wildman–Crippen MR) is 70.4 cm³/mol. The maximum atomic E-state index is 12.1. The molecule has 0 aliphatic carbocycles. The molecule has 7 nitrogen and oxygen atoms in total. The summed E-state index contributed by atoms with van der Waals surface area (Å²) in [5.74, 6) is -0.320. The second kappa shape index (κ2) is 4.82. The van der Waals surface area contributed by atoms with Crippen molar-refractivity contribution >= 4 is 32.4 Å². The Morgan fingerprint density at radius 2 is 2.26 bits per heavy atom. The summed E-state index contributed by atoms with van der Waals surface area (Å²) in [6.07, 6.45) is 1.45. The van der Waals surface area contributed by atoms with Crippen molar-refractivity contribution in [3.8, 4) is 0 Å². The molecule has 9 heteroatoms. The van der Waals surface area contributed by atoms with Crippen LogP contribution in [0.4, 0.5) is 5.13 Å². The summed E-state index contributed by atoms with van der Waals surface area (Å²) >= 11 is 0.841. The van der Waals surface area contributed by atoms with Crippen molar-refractivity contribution in [3.63, 3.8) is 0 Å². The van der Waals surface area contributed by atoms with Crippen molar-refractivity contribution in [2.45, 2.75) is 36.5 Å². The van der Waals surface area contributed by atoms with Gasteiger partial charge in [-0.1, -0.05) is 11.3 Å². The van der Waals surface area contributed by atoms with Gasteiger partial charge in [0.1, 0.15) is 5.60 Å². The summed E-state index contributed by atoms with van der Waals surface area (Å²) in [7, 11) is -3.81. The first-order chi connectivity index (χ1) is 8.72. The molecule has 0 bridgehead atoms. The maximum absolute atomic E-state index is 12.1. The summed E-state index contributed by atoms with van der Waals surface area (Å²) in [6, 6.07) is 0. The van der Waals surface area contributed by atoms with E-state index in [-0.39, 0.29) is 20.9 Å². The lowest BCUT2D eigenvalue weighted by molar-refractivity contribution is -0.133. The molecule has 0 saturated carbocycles. The van der Waals surface area contributed by atoms with Crippen molar-refractivity contribution in [3.05, 3.63) is 5.69 Å². The van der Waals surface area contributed by atoms with Crippen LogP contribution >= 0.6 is 11.3 Å². The number of nitrogens with zero attached hydrogens (tertiary/aromatic N) is 1. The number of hydrogen-bond donors (Lipinski definition) is 2. The standard InChI is InChI=1S/C10H15N3O4S2/c1-6-7(19(11,15)16)18-9(12-6)13-8(14)10(2)4-3-5-17-10/h3-5H2,1-2H3,(H2,11,15,16)(H,12,13,14). The molecule has 1 aromatic rings. The van der Waals surface area contributed by atoms with Crippen LogP contribution in [0, 0.1) is 6.92 Å². The van der Waals surface area contributed by atoms with Gasteiger partial charge in [0.2, 0.25) is 10.0 Å². The van der Waals surface area contributed by atoms with Gasteiger partial charge >= 0.3 is 0 Å². The summed E-state index contributed by atoms with van der Waals surface area (Å²) in [5.41, 5.74) is -0.596. The van der Waals surface area contributed by atoms with E-state index in [0.717, 1.165) is 17.8 Å². The third-order valence-corrected chi connectivity index (χ3v) is 5.56. The number of carbonyl (C=O) groups excluding carboxylic acids is 1. The molecule has 1 amide bonds. The van der Waals surface area contributed by atoms with Gasteiger partial charge in [-0.05, 0) is 26.7 Å². The van der Waals surface area contributed by atoms with Crippen LogP contribution in [-0.2, 0) is 19.6 Å². The summed E-state index contributed by atoms with van der Waals surface area (Å²) in [6.45, 7) is 3.78. The van der Waals surface area contributed by atoms with E-state index < -0.39 is 15.6 Å². The van der Waals surface area contributed by atoms with Gasteiger partial charge in [0, 0.05) is 6.61 Å². The Hall–Kier alpha value is -1.03. The van der Waals surface area contributed by atoms with E-state index in [0.29, 0.717) is 13.0 Å². The fraction of sp³-hybridized carbons (Fsp3) is 0.600.